The summed E-state index contributed by atoms with van der Waals surface area (Å²) in [7, 11) is 0. The lowest BCUT2D eigenvalue weighted by Gasteiger charge is -2.09. The van der Waals surface area contributed by atoms with Gasteiger partial charge in [-0.2, -0.15) is 0 Å². The van der Waals surface area contributed by atoms with E-state index in [1.807, 2.05) is 25.1 Å². The Balaban J connectivity index is 1.70. The second kappa shape index (κ2) is 6.41. The smallest absolute Gasteiger partial charge is 0.218 e. The lowest BCUT2D eigenvalue weighted by molar-refractivity contribution is 0.114. The average molecular weight is 318 g/mol. The number of aromatic nitrogens is 1. The first-order valence-corrected chi connectivity index (χ1v) is 7.67. The molecule has 0 spiro atoms. The maximum atomic E-state index is 9.95. The normalized spacial score (nSPS) is 18.3. The quantitative estimate of drug-likeness (QED) is 0.599. The Kier molecular flexibility index (Phi) is 4.35. The number of ether oxygens (including phenoxy) is 1. The molecule has 0 bridgehead atoms. The number of fused-ring (bicyclic) bond motifs is 1. The Morgan fingerprint density at radius 3 is 3.18 bits per heavy atom. The van der Waals surface area contributed by atoms with Crippen molar-refractivity contribution in [3.8, 4) is 5.88 Å². The average Bonchev–Trinajstić information content (AvgIpc) is 3.10. The van der Waals surface area contributed by atoms with Crippen LogP contribution in [-0.4, -0.2) is 34.5 Å². The molecule has 3 rings (SSSR count). The molecule has 2 heterocycles. The molecule has 0 unspecified atom stereocenters. The lowest BCUT2D eigenvalue weighted by Crippen LogP contribution is -2.29. The Morgan fingerprint density at radius 2 is 2.41 bits per heavy atom. The van der Waals surface area contributed by atoms with E-state index in [-0.39, 0.29) is 17.1 Å². The zero-order valence-corrected chi connectivity index (χ0v) is 13.1. The molecule has 0 amide bonds. The Morgan fingerprint density at radius 1 is 1.55 bits per heavy atom. The van der Waals surface area contributed by atoms with Crippen molar-refractivity contribution in [2.75, 3.05) is 13.2 Å². The van der Waals surface area contributed by atoms with Gasteiger partial charge in [0.25, 0.3) is 0 Å². The van der Waals surface area contributed by atoms with Crippen LogP contribution in [0.5, 0.6) is 5.88 Å². The van der Waals surface area contributed by atoms with E-state index < -0.39 is 0 Å². The number of nitrogens with one attached hydrogen (secondary N) is 2. The molecule has 0 saturated carbocycles. The summed E-state index contributed by atoms with van der Waals surface area (Å²) in [5.74, 6) is -0.00808. The van der Waals surface area contributed by atoms with Crippen LogP contribution >= 0.6 is 12.2 Å². The van der Waals surface area contributed by atoms with Gasteiger partial charge in [0.1, 0.15) is 0 Å². The maximum absolute atomic E-state index is 9.95. The van der Waals surface area contributed by atoms with Crippen LogP contribution in [0.2, 0.25) is 0 Å². The second-order valence-corrected chi connectivity index (χ2v) is 5.78. The van der Waals surface area contributed by atoms with Crippen LogP contribution in [0, 0.1) is 6.92 Å². The molecular weight excluding hydrogens is 300 g/mol. The summed E-state index contributed by atoms with van der Waals surface area (Å²) >= 11 is 5.13. The molecule has 1 aliphatic rings. The third-order valence-electron chi connectivity index (χ3n) is 3.65. The Bertz CT molecular complexity index is 720. The van der Waals surface area contributed by atoms with Crippen LogP contribution in [0.1, 0.15) is 18.4 Å². The number of azo groups is 1. The van der Waals surface area contributed by atoms with Crippen molar-refractivity contribution in [2.24, 2.45) is 10.2 Å². The topological polar surface area (TPSA) is 82.0 Å². The summed E-state index contributed by atoms with van der Waals surface area (Å²) in [5, 5.41) is 22.1. The van der Waals surface area contributed by atoms with Gasteiger partial charge >= 0.3 is 0 Å². The van der Waals surface area contributed by atoms with Crippen LogP contribution < -0.4 is 5.32 Å². The summed E-state index contributed by atoms with van der Waals surface area (Å²) in [5.41, 5.74) is 2.30. The third kappa shape index (κ3) is 3.26. The van der Waals surface area contributed by atoms with E-state index in [1.54, 1.807) is 0 Å². The highest BCUT2D eigenvalue weighted by atomic mass is 32.1. The number of thiocarbonyl (C=S) groups is 1. The predicted octanol–water partition coefficient (Wildman–Crippen LogP) is 3.32. The summed E-state index contributed by atoms with van der Waals surface area (Å²) in [6.07, 6.45) is 2.32. The van der Waals surface area contributed by atoms with Gasteiger partial charge in [0.15, 0.2) is 5.69 Å². The van der Waals surface area contributed by atoms with E-state index in [9.17, 15) is 5.11 Å². The minimum absolute atomic E-state index is 0.00808. The minimum Gasteiger partial charge on any atom is -0.493 e. The SMILES string of the molecule is Cc1ccc2[nH]c(O)c(N=NC(=S)NC[C@H]3CCCO3)c2c1. The van der Waals surface area contributed by atoms with Gasteiger partial charge in [-0.05, 0) is 44.1 Å². The van der Waals surface area contributed by atoms with E-state index in [0.717, 1.165) is 35.9 Å². The predicted molar refractivity (Wildman–Crippen MR) is 88.8 cm³/mol. The Hall–Kier alpha value is -1.99. The van der Waals surface area contributed by atoms with Crippen molar-refractivity contribution in [1.82, 2.24) is 10.3 Å². The molecule has 6 nitrogen and oxygen atoms in total. The first-order valence-electron chi connectivity index (χ1n) is 7.26. The molecule has 3 N–H and O–H groups in total. The van der Waals surface area contributed by atoms with Gasteiger partial charge in [0.05, 0.1) is 11.6 Å². The van der Waals surface area contributed by atoms with Gasteiger partial charge in [-0.1, -0.05) is 11.6 Å². The van der Waals surface area contributed by atoms with Gasteiger partial charge in [0.2, 0.25) is 11.0 Å². The number of hydrogen-bond acceptors (Lipinski definition) is 4. The highest BCUT2D eigenvalue weighted by Gasteiger charge is 2.15. The summed E-state index contributed by atoms with van der Waals surface area (Å²) < 4.78 is 5.50. The molecule has 1 fully saturated rings. The lowest BCUT2D eigenvalue weighted by atomic mass is 10.2. The first kappa shape index (κ1) is 14.9. The van der Waals surface area contributed by atoms with E-state index in [0.29, 0.717) is 12.2 Å². The standard InChI is InChI=1S/C15H18N4O2S/c1-9-4-5-12-11(7-9)13(14(20)17-12)18-19-15(22)16-8-10-3-2-6-21-10/h4-5,7,10,17,20H,2-3,6,8H2,1H3,(H,16,22)/t10-/m1/s1. The fraction of sp³-hybridized carbons (Fsp3) is 0.400. The molecule has 1 aromatic carbocycles. The Labute approximate surface area is 133 Å². The number of hydrogen-bond donors (Lipinski definition) is 3. The van der Waals surface area contributed by atoms with Gasteiger partial charge in [-0.15, -0.1) is 10.2 Å². The summed E-state index contributed by atoms with van der Waals surface area (Å²) in [6, 6.07) is 5.81. The summed E-state index contributed by atoms with van der Waals surface area (Å²) in [6.45, 7) is 3.43. The molecule has 1 aromatic heterocycles. The van der Waals surface area contributed by atoms with Crippen LogP contribution in [-0.2, 0) is 4.74 Å². The minimum atomic E-state index is -0.00808. The molecule has 2 aromatic rings. The van der Waals surface area contributed by atoms with Gasteiger partial charge in [0, 0.05) is 18.5 Å². The van der Waals surface area contributed by atoms with Crippen LogP contribution in [0.3, 0.4) is 0 Å². The molecular formula is C15H18N4O2S. The highest BCUT2D eigenvalue weighted by molar-refractivity contribution is 7.80. The van der Waals surface area contributed by atoms with Gasteiger partial charge in [-0.25, -0.2) is 0 Å². The summed E-state index contributed by atoms with van der Waals surface area (Å²) in [4.78, 5) is 2.87. The molecule has 0 aliphatic carbocycles. The van der Waals surface area contributed by atoms with Crippen molar-refractivity contribution in [3.63, 3.8) is 0 Å². The van der Waals surface area contributed by atoms with E-state index in [4.69, 9.17) is 17.0 Å². The van der Waals surface area contributed by atoms with Gasteiger partial charge < -0.3 is 20.1 Å². The van der Waals surface area contributed by atoms with E-state index >= 15 is 0 Å². The molecule has 0 radical (unpaired) electrons. The van der Waals surface area contributed by atoms with Crippen molar-refractivity contribution in [1.29, 1.82) is 0 Å². The van der Waals surface area contributed by atoms with E-state index in [2.05, 4.69) is 20.5 Å². The number of aryl methyl sites for hydroxylation is 1. The molecule has 116 valence electrons. The molecule has 22 heavy (non-hydrogen) atoms. The van der Waals surface area contributed by atoms with Crippen LogP contribution in [0.25, 0.3) is 10.9 Å². The monoisotopic (exact) mass is 318 g/mol. The number of nitrogens with zero attached hydrogens (tertiary/aromatic N) is 2. The molecule has 1 saturated heterocycles. The first-order chi connectivity index (χ1) is 10.6. The van der Waals surface area contributed by atoms with Crippen LogP contribution in [0.4, 0.5) is 5.69 Å². The van der Waals surface area contributed by atoms with Crippen molar-refractivity contribution >= 4 is 33.9 Å². The number of H-pyrrole nitrogens is 1. The number of aromatic amines is 1. The second-order valence-electron chi connectivity index (χ2n) is 5.39. The number of rotatable bonds is 3. The fourth-order valence-electron chi connectivity index (χ4n) is 2.52. The fourth-order valence-corrected chi connectivity index (χ4v) is 2.64. The van der Waals surface area contributed by atoms with Gasteiger partial charge in [-0.3, -0.25) is 0 Å². The van der Waals surface area contributed by atoms with Crippen molar-refractivity contribution in [2.45, 2.75) is 25.9 Å². The number of aromatic hydroxyl groups is 1. The van der Waals surface area contributed by atoms with E-state index in [1.165, 1.54) is 0 Å². The zero-order valence-electron chi connectivity index (χ0n) is 12.3. The maximum Gasteiger partial charge on any atom is 0.218 e. The highest BCUT2D eigenvalue weighted by Crippen LogP contribution is 2.35. The van der Waals surface area contributed by atoms with Crippen molar-refractivity contribution in [3.05, 3.63) is 23.8 Å². The van der Waals surface area contributed by atoms with Crippen LogP contribution in [0.15, 0.2) is 28.4 Å². The number of benzene rings is 1. The third-order valence-corrected chi connectivity index (χ3v) is 3.88. The molecule has 1 aliphatic heterocycles. The largest absolute Gasteiger partial charge is 0.493 e. The molecule has 1 atom stereocenters. The zero-order chi connectivity index (χ0) is 15.5. The molecule has 7 heteroatoms. The van der Waals surface area contributed by atoms with Crippen molar-refractivity contribution < 1.29 is 9.84 Å².